The second-order valence-corrected chi connectivity index (χ2v) is 11.2. The molecule has 0 saturated carbocycles. The number of fused-ring (bicyclic) bond motifs is 10. The molecule has 0 fully saturated rings. The van der Waals surface area contributed by atoms with Gasteiger partial charge in [-0.2, -0.15) is 0 Å². The van der Waals surface area contributed by atoms with E-state index in [-0.39, 0.29) is 0 Å². The first-order valence-corrected chi connectivity index (χ1v) is 14.6. The topological polar surface area (TPSA) is 55.6 Å². The van der Waals surface area contributed by atoms with E-state index in [0.717, 1.165) is 93.8 Å². The van der Waals surface area contributed by atoms with Gasteiger partial charge in [0.05, 0.1) is 5.52 Å². The minimum atomic E-state index is 0.836. The van der Waals surface area contributed by atoms with E-state index < -0.39 is 0 Å². The third kappa shape index (κ3) is 3.38. The van der Waals surface area contributed by atoms with E-state index in [1.54, 1.807) is 0 Å². The zero-order valence-electron chi connectivity index (χ0n) is 23.3. The van der Waals surface area contributed by atoms with Gasteiger partial charge in [0.2, 0.25) is 0 Å². The maximum atomic E-state index is 6.32. The summed E-state index contributed by atoms with van der Waals surface area (Å²) in [5.74, 6) is 0. The molecule has 0 aliphatic heterocycles. The van der Waals surface area contributed by atoms with Crippen LogP contribution in [-0.4, -0.2) is 4.98 Å². The molecule has 0 atom stereocenters. The Hall–Kier alpha value is -6.07. The van der Waals surface area contributed by atoms with Crippen molar-refractivity contribution in [3.05, 3.63) is 134 Å². The Balaban J connectivity index is 1.23. The summed E-state index contributed by atoms with van der Waals surface area (Å²) in [6.45, 7) is 0. The summed E-state index contributed by atoms with van der Waals surface area (Å²) in [6, 6.07) is 43.7. The molecule has 0 bridgehead atoms. The van der Waals surface area contributed by atoms with Gasteiger partial charge in [0.25, 0.3) is 0 Å². The van der Waals surface area contributed by atoms with Crippen LogP contribution < -0.4 is 4.90 Å². The molecule has 5 heteroatoms. The molecule has 0 aliphatic rings. The maximum absolute atomic E-state index is 6.32. The molecule has 0 amide bonds. The number of aromatic nitrogens is 1. The average molecular weight is 567 g/mol. The van der Waals surface area contributed by atoms with Crippen LogP contribution in [0.1, 0.15) is 0 Å². The number of nitrogens with zero attached hydrogens (tertiary/aromatic N) is 2. The standard InChI is InChI=1S/C39H22N2O3/c1-3-9-34-27(7-1)29-14-11-26(21-39(29)43-34)41(24-12-15-36-30(19-24)28-8-2-4-10-35(28)42-36)25-13-16-37-31(20-25)32-22-33-23(6-5-17-40-33)18-38(32)44-37/h1-22H. The van der Waals surface area contributed by atoms with Crippen molar-refractivity contribution in [1.29, 1.82) is 0 Å². The van der Waals surface area contributed by atoms with Gasteiger partial charge in [0, 0.05) is 67.0 Å². The van der Waals surface area contributed by atoms with Crippen molar-refractivity contribution in [2.45, 2.75) is 0 Å². The molecule has 4 heterocycles. The number of anilines is 3. The van der Waals surface area contributed by atoms with Crippen LogP contribution in [0.25, 0.3) is 76.7 Å². The first kappa shape index (κ1) is 23.5. The number of hydrogen-bond donors (Lipinski definition) is 0. The molecule has 10 aromatic rings. The maximum Gasteiger partial charge on any atom is 0.137 e. The van der Waals surface area contributed by atoms with Crippen molar-refractivity contribution in [1.82, 2.24) is 4.98 Å². The van der Waals surface area contributed by atoms with Crippen molar-refractivity contribution >= 4 is 93.8 Å². The summed E-state index contributed by atoms with van der Waals surface area (Å²) in [6.07, 6.45) is 1.83. The van der Waals surface area contributed by atoms with Gasteiger partial charge < -0.3 is 18.2 Å². The van der Waals surface area contributed by atoms with E-state index in [1.165, 1.54) is 0 Å². The Morgan fingerprint density at radius 1 is 0.386 bits per heavy atom. The molecule has 0 N–H and O–H groups in total. The lowest BCUT2D eigenvalue weighted by atomic mass is 10.1. The van der Waals surface area contributed by atoms with Crippen molar-refractivity contribution in [2.75, 3.05) is 4.90 Å². The van der Waals surface area contributed by atoms with Crippen LogP contribution in [-0.2, 0) is 0 Å². The lowest BCUT2D eigenvalue weighted by Gasteiger charge is -2.25. The molecule has 6 aromatic carbocycles. The molecule has 0 unspecified atom stereocenters. The van der Waals surface area contributed by atoms with Crippen LogP contribution in [0.3, 0.4) is 0 Å². The fraction of sp³-hybridized carbons (Fsp3) is 0. The van der Waals surface area contributed by atoms with Gasteiger partial charge in [-0.15, -0.1) is 0 Å². The molecular weight excluding hydrogens is 544 g/mol. The Kier molecular flexibility index (Phi) is 4.66. The number of benzene rings is 6. The lowest BCUT2D eigenvalue weighted by molar-refractivity contribution is 0.668. The van der Waals surface area contributed by atoms with Gasteiger partial charge >= 0.3 is 0 Å². The van der Waals surface area contributed by atoms with E-state index in [9.17, 15) is 0 Å². The van der Waals surface area contributed by atoms with Gasteiger partial charge in [-0.3, -0.25) is 4.98 Å². The Morgan fingerprint density at radius 3 is 1.66 bits per heavy atom. The Bertz CT molecular complexity index is 2750. The average Bonchev–Trinajstić information content (AvgIpc) is 3.74. The first-order valence-electron chi connectivity index (χ1n) is 14.6. The van der Waals surface area contributed by atoms with Crippen molar-refractivity contribution < 1.29 is 13.3 Å². The van der Waals surface area contributed by atoms with Crippen LogP contribution in [0.2, 0.25) is 0 Å². The fourth-order valence-electron chi connectivity index (χ4n) is 6.62. The molecule has 10 rings (SSSR count). The molecule has 4 aromatic heterocycles. The first-order chi connectivity index (χ1) is 21.8. The summed E-state index contributed by atoms with van der Waals surface area (Å²) < 4.78 is 18.8. The number of hydrogen-bond acceptors (Lipinski definition) is 5. The van der Waals surface area contributed by atoms with Crippen molar-refractivity contribution in [3.63, 3.8) is 0 Å². The van der Waals surface area contributed by atoms with Crippen LogP contribution >= 0.6 is 0 Å². The fourth-order valence-corrected chi connectivity index (χ4v) is 6.62. The molecular formula is C39H22N2O3. The molecule has 0 spiro atoms. The van der Waals surface area contributed by atoms with Crippen LogP contribution in [0, 0.1) is 0 Å². The number of para-hydroxylation sites is 2. The zero-order valence-corrected chi connectivity index (χ0v) is 23.3. The molecule has 0 saturated heterocycles. The van der Waals surface area contributed by atoms with E-state index in [2.05, 4.69) is 94.8 Å². The minimum absolute atomic E-state index is 0.836. The third-order valence-corrected chi connectivity index (χ3v) is 8.67. The molecule has 206 valence electrons. The van der Waals surface area contributed by atoms with Gasteiger partial charge in [0.1, 0.15) is 33.5 Å². The molecule has 0 radical (unpaired) electrons. The highest BCUT2D eigenvalue weighted by molar-refractivity contribution is 6.12. The summed E-state index contributed by atoms with van der Waals surface area (Å²) in [5.41, 5.74) is 9.09. The predicted molar refractivity (Wildman–Crippen MR) is 178 cm³/mol. The van der Waals surface area contributed by atoms with E-state index in [1.807, 2.05) is 48.7 Å². The largest absolute Gasteiger partial charge is 0.456 e. The highest BCUT2D eigenvalue weighted by atomic mass is 16.3. The Morgan fingerprint density at radius 2 is 0.909 bits per heavy atom. The SMILES string of the molecule is c1cnc2cc3c(cc2c1)oc1ccc(N(c2ccc4c(c2)oc2ccccc24)c2ccc4oc5ccccc5c4c2)cc13. The van der Waals surface area contributed by atoms with E-state index >= 15 is 0 Å². The van der Waals surface area contributed by atoms with Crippen LogP contribution in [0.4, 0.5) is 17.1 Å². The summed E-state index contributed by atoms with van der Waals surface area (Å²) in [5, 5.41) is 7.50. The molecule has 0 aliphatic carbocycles. The Labute approximate surface area is 250 Å². The van der Waals surface area contributed by atoms with Crippen LogP contribution in [0.5, 0.6) is 0 Å². The number of furan rings is 3. The lowest BCUT2D eigenvalue weighted by Crippen LogP contribution is -2.09. The smallest absolute Gasteiger partial charge is 0.137 e. The number of rotatable bonds is 3. The summed E-state index contributed by atoms with van der Waals surface area (Å²) in [4.78, 5) is 6.86. The quantitative estimate of drug-likeness (QED) is 0.213. The molecule has 5 nitrogen and oxygen atoms in total. The predicted octanol–water partition coefficient (Wildman–Crippen LogP) is 11.4. The van der Waals surface area contributed by atoms with Crippen LogP contribution in [0.15, 0.2) is 147 Å². The third-order valence-electron chi connectivity index (χ3n) is 8.67. The van der Waals surface area contributed by atoms with Crippen molar-refractivity contribution in [2.24, 2.45) is 0 Å². The molecule has 44 heavy (non-hydrogen) atoms. The second kappa shape index (κ2) is 8.72. The normalized spacial score (nSPS) is 12.1. The minimum Gasteiger partial charge on any atom is -0.456 e. The van der Waals surface area contributed by atoms with Gasteiger partial charge in [-0.1, -0.05) is 42.5 Å². The van der Waals surface area contributed by atoms with Gasteiger partial charge in [-0.05, 0) is 78.9 Å². The monoisotopic (exact) mass is 566 g/mol. The van der Waals surface area contributed by atoms with Gasteiger partial charge in [-0.25, -0.2) is 0 Å². The van der Waals surface area contributed by atoms with Gasteiger partial charge in [0.15, 0.2) is 0 Å². The van der Waals surface area contributed by atoms with Crippen molar-refractivity contribution in [3.8, 4) is 0 Å². The highest BCUT2D eigenvalue weighted by Gasteiger charge is 2.19. The summed E-state index contributed by atoms with van der Waals surface area (Å²) >= 11 is 0. The van der Waals surface area contributed by atoms with E-state index in [4.69, 9.17) is 13.3 Å². The highest BCUT2D eigenvalue weighted by Crippen LogP contribution is 2.43. The second-order valence-electron chi connectivity index (χ2n) is 11.2. The zero-order chi connectivity index (χ0) is 28.8. The number of pyridine rings is 1. The van der Waals surface area contributed by atoms with E-state index in [0.29, 0.717) is 0 Å². The summed E-state index contributed by atoms with van der Waals surface area (Å²) in [7, 11) is 0.